The van der Waals surface area contributed by atoms with E-state index in [0.717, 1.165) is 24.0 Å². The van der Waals surface area contributed by atoms with Gasteiger partial charge in [-0.15, -0.1) is 0 Å². The maximum absolute atomic E-state index is 11.8. The van der Waals surface area contributed by atoms with Crippen molar-refractivity contribution in [3.63, 3.8) is 0 Å². The SMILES string of the molecule is CCCc1ccc(C#Cc2cc(OCc3ccccc3)cc(=O)[nH]2)cc1. The molecule has 0 radical (unpaired) electrons. The molecule has 0 atom stereocenters. The molecule has 130 valence electrons. The molecule has 0 fully saturated rings. The number of hydrogen-bond acceptors (Lipinski definition) is 2. The van der Waals surface area contributed by atoms with Crippen LogP contribution in [0.25, 0.3) is 0 Å². The Kier molecular flexibility index (Phi) is 5.90. The predicted octanol–water partition coefficient (Wildman–Crippen LogP) is 4.31. The summed E-state index contributed by atoms with van der Waals surface area (Å²) < 4.78 is 5.72. The zero-order valence-corrected chi connectivity index (χ0v) is 14.8. The van der Waals surface area contributed by atoms with Gasteiger partial charge in [0.25, 0.3) is 5.56 Å². The van der Waals surface area contributed by atoms with Gasteiger partial charge >= 0.3 is 0 Å². The molecule has 1 aromatic heterocycles. The summed E-state index contributed by atoms with van der Waals surface area (Å²) in [5.74, 6) is 6.60. The fourth-order valence-electron chi connectivity index (χ4n) is 2.59. The Morgan fingerprint density at radius 3 is 2.42 bits per heavy atom. The molecule has 2 aromatic carbocycles. The average Bonchev–Trinajstić information content (AvgIpc) is 2.67. The monoisotopic (exact) mass is 343 g/mol. The molecule has 3 heteroatoms. The quantitative estimate of drug-likeness (QED) is 0.702. The zero-order chi connectivity index (χ0) is 18.2. The number of H-pyrrole nitrogens is 1. The van der Waals surface area contributed by atoms with E-state index < -0.39 is 0 Å². The number of pyridine rings is 1. The lowest BCUT2D eigenvalue weighted by molar-refractivity contribution is 0.305. The van der Waals surface area contributed by atoms with Crippen LogP contribution in [0.2, 0.25) is 0 Å². The Morgan fingerprint density at radius 1 is 0.923 bits per heavy atom. The second-order valence-electron chi connectivity index (χ2n) is 6.07. The molecule has 0 unspecified atom stereocenters. The van der Waals surface area contributed by atoms with Crippen molar-refractivity contribution in [2.24, 2.45) is 0 Å². The van der Waals surface area contributed by atoms with Gasteiger partial charge < -0.3 is 9.72 Å². The molecule has 1 heterocycles. The summed E-state index contributed by atoms with van der Waals surface area (Å²) >= 11 is 0. The molecular formula is C23H21NO2. The van der Waals surface area contributed by atoms with Crippen LogP contribution in [0.3, 0.4) is 0 Å². The number of aromatic amines is 1. The molecule has 0 aliphatic heterocycles. The number of hydrogen-bond donors (Lipinski definition) is 1. The predicted molar refractivity (Wildman–Crippen MR) is 104 cm³/mol. The number of ether oxygens (including phenoxy) is 1. The summed E-state index contributed by atoms with van der Waals surface area (Å²) in [5.41, 5.74) is 3.59. The first-order valence-corrected chi connectivity index (χ1v) is 8.75. The minimum absolute atomic E-state index is 0.224. The second-order valence-corrected chi connectivity index (χ2v) is 6.07. The molecule has 3 rings (SSSR count). The highest BCUT2D eigenvalue weighted by atomic mass is 16.5. The molecule has 0 bridgehead atoms. The molecule has 0 saturated carbocycles. The summed E-state index contributed by atoms with van der Waals surface area (Å²) in [5, 5.41) is 0. The lowest BCUT2D eigenvalue weighted by Gasteiger charge is -2.06. The lowest BCUT2D eigenvalue weighted by atomic mass is 10.1. The minimum Gasteiger partial charge on any atom is -0.489 e. The summed E-state index contributed by atoms with van der Waals surface area (Å²) in [6, 6.07) is 21.2. The van der Waals surface area contributed by atoms with E-state index in [0.29, 0.717) is 18.1 Å². The van der Waals surface area contributed by atoms with Gasteiger partial charge in [-0.3, -0.25) is 4.79 Å². The van der Waals surface area contributed by atoms with Crippen molar-refractivity contribution < 1.29 is 4.74 Å². The van der Waals surface area contributed by atoms with Crippen LogP contribution in [0.1, 0.15) is 35.7 Å². The number of nitrogens with one attached hydrogen (secondary N) is 1. The van der Waals surface area contributed by atoms with E-state index in [4.69, 9.17) is 4.74 Å². The van der Waals surface area contributed by atoms with Crippen LogP contribution in [-0.2, 0) is 13.0 Å². The van der Waals surface area contributed by atoms with E-state index in [1.807, 2.05) is 42.5 Å². The highest BCUT2D eigenvalue weighted by Gasteiger charge is 2.00. The number of rotatable bonds is 5. The van der Waals surface area contributed by atoms with E-state index in [1.54, 1.807) is 6.07 Å². The molecule has 0 spiro atoms. The Labute approximate surface area is 153 Å². The van der Waals surface area contributed by atoms with Gasteiger partial charge in [0.15, 0.2) is 0 Å². The van der Waals surface area contributed by atoms with Crippen molar-refractivity contribution in [3.8, 4) is 17.6 Å². The molecule has 26 heavy (non-hydrogen) atoms. The third-order valence-corrected chi connectivity index (χ3v) is 3.90. The maximum atomic E-state index is 11.8. The van der Waals surface area contributed by atoms with Gasteiger partial charge in [-0.2, -0.15) is 0 Å². The molecule has 3 nitrogen and oxygen atoms in total. The van der Waals surface area contributed by atoms with Crippen molar-refractivity contribution in [2.45, 2.75) is 26.4 Å². The summed E-state index contributed by atoms with van der Waals surface area (Å²) in [4.78, 5) is 14.6. The van der Waals surface area contributed by atoms with E-state index in [9.17, 15) is 4.79 Å². The van der Waals surface area contributed by atoms with Crippen LogP contribution in [0.4, 0.5) is 0 Å². The molecule has 0 aliphatic rings. The smallest absolute Gasteiger partial charge is 0.252 e. The van der Waals surface area contributed by atoms with Crippen LogP contribution < -0.4 is 10.3 Å². The highest BCUT2D eigenvalue weighted by molar-refractivity contribution is 5.42. The topological polar surface area (TPSA) is 42.1 Å². The normalized spacial score (nSPS) is 10.0. The lowest BCUT2D eigenvalue weighted by Crippen LogP contribution is -2.07. The van der Waals surface area contributed by atoms with Gasteiger partial charge in [0.1, 0.15) is 12.4 Å². The molecule has 0 saturated heterocycles. The van der Waals surface area contributed by atoms with E-state index >= 15 is 0 Å². The van der Waals surface area contributed by atoms with Crippen LogP contribution in [0.15, 0.2) is 71.5 Å². The van der Waals surface area contributed by atoms with E-state index in [2.05, 4.69) is 35.9 Å². The number of benzene rings is 2. The van der Waals surface area contributed by atoms with Crippen LogP contribution in [0.5, 0.6) is 5.75 Å². The van der Waals surface area contributed by atoms with Gasteiger partial charge in [-0.1, -0.05) is 61.7 Å². The number of aromatic nitrogens is 1. The van der Waals surface area contributed by atoms with E-state index in [-0.39, 0.29) is 5.56 Å². The highest BCUT2D eigenvalue weighted by Crippen LogP contribution is 2.11. The molecule has 0 amide bonds. The first-order valence-electron chi connectivity index (χ1n) is 8.75. The van der Waals surface area contributed by atoms with Gasteiger partial charge in [-0.05, 0) is 35.6 Å². The van der Waals surface area contributed by atoms with Crippen LogP contribution in [-0.4, -0.2) is 4.98 Å². The molecular weight excluding hydrogens is 322 g/mol. The van der Waals surface area contributed by atoms with Gasteiger partial charge in [0.05, 0.1) is 5.69 Å². The first-order chi connectivity index (χ1) is 12.7. The Hall–Kier alpha value is -3.25. The third-order valence-electron chi connectivity index (χ3n) is 3.90. The standard InChI is InChI=1S/C23H21NO2/c1-2-6-18-9-11-19(12-10-18)13-14-21-15-22(16-23(25)24-21)26-17-20-7-4-3-5-8-20/h3-5,7-12,15-16H,2,6,17H2,1H3,(H,24,25). The molecule has 3 aromatic rings. The summed E-state index contributed by atoms with van der Waals surface area (Å²) in [7, 11) is 0. The van der Waals surface area contributed by atoms with Crippen molar-refractivity contribution in [2.75, 3.05) is 0 Å². The number of aryl methyl sites for hydroxylation is 1. The largest absolute Gasteiger partial charge is 0.489 e. The van der Waals surface area contributed by atoms with Crippen molar-refractivity contribution in [1.29, 1.82) is 0 Å². The van der Waals surface area contributed by atoms with Crippen molar-refractivity contribution in [1.82, 2.24) is 4.98 Å². The fraction of sp³-hybridized carbons (Fsp3) is 0.174. The Balaban J connectivity index is 1.72. The van der Waals surface area contributed by atoms with Gasteiger partial charge in [-0.25, -0.2) is 0 Å². The Morgan fingerprint density at radius 2 is 1.69 bits per heavy atom. The zero-order valence-electron chi connectivity index (χ0n) is 14.8. The first kappa shape index (κ1) is 17.6. The fourth-order valence-corrected chi connectivity index (χ4v) is 2.59. The van der Waals surface area contributed by atoms with Crippen LogP contribution >= 0.6 is 0 Å². The molecule has 0 aliphatic carbocycles. The summed E-state index contributed by atoms with van der Waals surface area (Å²) in [6.07, 6.45) is 2.20. The van der Waals surface area contributed by atoms with E-state index in [1.165, 1.54) is 11.6 Å². The Bertz CT molecular complexity index is 961. The van der Waals surface area contributed by atoms with Crippen LogP contribution in [0, 0.1) is 11.8 Å². The van der Waals surface area contributed by atoms with Crippen molar-refractivity contribution >= 4 is 0 Å². The summed E-state index contributed by atoms with van der Waals surface area (Å²) in [6.45, 7) is 2.58. The third kappa shape index (κ3) is 5.12. The second kappa shape index (κ2) is 8.73. The average molecular weight is 343 g/mol. The minimum atomic E-state index is -0.224. The van der Waals surface area contributed by atoms with Gasteiger partial charge in [0.2, 0.25) is 0 Å². The van der Waals surface area contributed by atoms with Crippen molar-refractivity contribution in [3.05, 3.63) is 99.5 Å². The van der Waals surface area contributed by atoms with Gasteiger partial charge in [0, 0.05) is 17.7 Å². The molecule has 1 N–H and O–H groups in total. The maximum Gasteiger partial charge on any atom is 0.252 e.